The Kier molecular flexibility index (Phi) is 6.25. The maximum atomic E-state index is 13.1. The van der Waals surface area contributed by atoms with Gasteiger partial charge in [0.25, 0.3) is 0 Å². The molecule has 4 rings (SSSR count). The van der Waals surface area contributed by atoms with Gasteiger partial charge in [-0.25, -0.2) is 4.98 Å². The number of aromatic nitrogens is 2. The largest absolute Gasteiger partial charge is 0.497 e. The van der Waals surface area contributed by atoms with Gasteiger partial charge >= 0.3 is 5.97 Å². The van der Waals surface area contributed by atoms with Gasteiger partial charge in [0, 0.05) is 37.9 Å². The van der Waals surface area contributed by atoms with Gasteiger partial charge in [0.05, 0.1) is 18.1 Å². The molecule has 7 heteroatoms. The van der Waals surface area contributed by atoms with Crippen LogP contribution in [-0.4, -0.2) is 52.1 Å². The van der Waals surface area contributed by atoms with E-state index in [9.17, 15) is 14.7 Å². The first-order chi connectivity index (χ1) is 14.5. The average molecular weight is 414 g/mol. The molecular formula is C23H31N3O4. The first-order valence-electron chi connectivity index (χ1n) is 11.1. The molecule has 1 saturated heterocycles. The number of benzene rings is 1. The molecule has 1 aromatic carbocycles. The molecule has 1 aromatic heterocycles. The average Bonchev–Trinajstić information content (AvgIpc) is 3.16. The third-order valence-electron chi connectivity index (χ3n) is 6.79. The van der Waals surface area contributed by atoms with Crippen molar-refractivity contribution < 1.29 is 19.4 Å². The molecule has 2 aliphatic rings. The van der Waals surface area contributed by atoms with Crippen molar-refractivity contribution in [2.45, 2.75) is 51.4 Å². The van der Waals surface area contributed by atoms with Gasteiger partial charge in [-0.15, -0.1) is 0 Å². The van der Waals surface area contributed by atoms with E-state index in [2.05, 4.69) is 4.98 Å². The van der Waals surface area contributed by atoms with Crippen LogP contribution in [0.15, 0.2) is 18.2 Å². The highest BCUT2D eigenvalue weighted by atomic mass is 16.5. The second kappa shape index (κ2) is 9.06. The van der Waals surface area contributed by atoms with Crippen molar-refractivity contribution in [3.63, 3.8) is 0 Å². The minimum atomic E-state index is -0.772. The fourth-order valence-electron chi connectivity index (χ4n) is 5.13. The third-order valence-corrected chi connectivity index (χ3v) is 6.79. The molecular weight excluding hydrogens is 382 g/mol. The molecule has 2 atom stereocenters. The Balaban J connectivity index is 1.50. The maximum absolute atomic E-state index is 13.1. The van der Waals surface area contributed by atoms with Crippen molar-refractivity contribution in [3.8, 4) is 5.75 Å². The number of H-pyrrole nitrogens is 1. The van der Waals surface area contributed by atoms with Crippen LogP contribution < -0.4 is 4.74 Å². The third kappa shape index (κ3) is 4.60. The van der Waals surface area contributed by atoms with E-state index in [1.54, 1.807) is 7.11 Å². The summed E-state index contributed by atoms with van der Waals surface area (Å²) in [7, 11) is 1.63. The van der Waals surface area contributed by atoms with Crippen molar-refractivity contribution >= 4 is 22.9 Å². The predicted octanol–water partition coefficient (Wildman–Crippen LogP) is 3.63. The zero-order valence-corrected chi connectivity index (χ0v) is 17.6. The number of aliphatic carboxylic acids is 1. The molecule has 1 amide bonds. The minimum absolute atomic E-state index is 0.0562. The molecule has 0 unspecified atom stereocenters. The summed E-state index contributed by atoms with van der Waals surface area (Å²) in [6.45, 7) is 1.29. The fourth-order valence-corrected chi connectivity index (χ4v) is 5.13. The SMILES string of the molecule is COc1ccc2nc(C[C@H]3CN(C(=O)C4CCCCC4)CC[C@H]3CC(=O)O)[nH]c2c1. The monoisotopic (exact) mass is 413 g/mol. The highest BCUT2D eigenvalue weighted by Gasteiger charge is 2.35. The van der Waals surface area contributed by atoms with Gasteiger partial charge < -0.3 is 19.7 Å². The molecule has 0 spiro atoms. The van der Waals surface area contributed by atoms with Crippen LogP contribution in [0.25, 0.3) is 11.0 Å². The Morgan fingerprint density at radius 1 is 1.20 bits per heavy atom. The van der Waals surface area contributed by atoms with Crippen LogP contribution in [0, 0.1) is 17.8 Å². The van der Waals surface area contributed by atoms with Crippen LogP contribution in [0.1, 0.15) is 50.8 Å². The van der Waals surface area contributed by atoms with Crippen LogP contribution in [0.2, 0.25) is 0 Å². The van der Waals surface area contributed by atoms with Gasteiger partial charge in [0.1, 0.15) is 11.6 Å². The number of likely N-dealkylation sites (tertiary alicyclic amines) is 1. The summed E-state index contributed by atoms with van der Waals surface area (Å²) in [5.41, 5.74) is 1.77. The quantitative estimate of drug-likeness (QED) is 0.754. The zero-order valence-electron chi connectivity index (χ0n) is 17.6. The van der Waals surface area contributed by atoms with Crippen LogP contribution in [0.3, 0.4) is 0 Å². The molecule has 1 aliphatic heterocycles. The highest BCUT2D eigenvalue weighted by Crippen LogP contribution is 2.33. The summed E-state index contributed by atoms with van der Waals surface area (Å²) in [4.78, 5) is 34.5. The Bertz CT molecular complexity index is 903. The molecule has 1 aliphatic carbocycles. The number of ether oxygens (including phenoxy) is 1. The minimum Gasteiger partial charge on any atom is -0.497 e. The molecule has 2 N–H and O–H groups in total. The van der Waals surface area contributed by atoms with Gasteiger partial charge in [-0.05, 0) is 43.2 Å². The summed E-state index contributed by atoms with van der Waals surface area (Å²) in [6, 6.07) is 5.72. The molecule has 162 valence electrons. The first kappa shape index (κ1) is 20.7. The Morgan fingerprint density at radius 3 is 2.73 bits per heavy atom. The lowest BCUT2D eigenvalue weighted by molar-refractivity contribution is -0.141. The molecule has 2 fully saturated rings. The Morgan fingerprint density at radius 2 is 2.00 bits per heavy atom. The van der Waals surface area contributed by atoms with E-state index in [1.807, 2.05) is 23.1 Å². The molecule has 7 nitrogen and oxygen atoms in total. The summed E-state index contributed by atoms with van der Waals surface area (Å²) in [6.07, 6.45) is 7.00. The van der Waals surface area contributed by atoms with E-state index >= 15 is 0 Å². The summed E-state index contributed by atoms with van der Waals surface area (Å²) in [5.74, 6) is 1.39. The van der Waals surface area contributed by atoms with Crippen molar-refractivity contribution in [3.05, 3.63) is 24.0 Å². The molecule has 2 heterocycles. The number of carboxylic acid groups (broad SMARTS) is 1. The molecule has 0 radical (unpaired) electrons. The number of carbonyl (C=O) groups excluding carboxylic acids is 1. The number of imidazole rings is 1. The number of hydrogen-bond donors (Lipinski definition) is 2. The van der Waals surface area contributed by atoms with Crippen LogP contribution in [0.5, 0.6) is 5.75 Å². The Hall–Kier alpha value is -2.57. The van der Waals surface area contributed by atoms with Crippen LogP contribution in [0.4, 0.5) is 0 Å². The van der Waals surface area contributed by atoms with Crippen LogP contribution in [-0.2, 0) is 16.0 Å². The number of nitrogens with one attached hydrogen (secondary N) is 1. The van der Waals surface area contributed by atoms with Gasteiger partial charge in [0.2, 0.25) is 5.91 Å². The summed E-state index contributed by atoms with van der Waals surface area (Å²) >= 11 is 0. The van der Waals surface area contributed by atoms with Crippen molar-refractivity contribution in [1.29, 1.82) is 0 Å². The molecule has 1 saturated carbocycles. The molecule has 2 aromatic rings. The topological polar surface area (TPSA) is 95.5 Å². The van der Waals surface area contributed by atoms with E-state index < -0.39 is 5.97 Å². The van der Waals surface area contributed by atoms with Crippen molar-refractivity contribution in [2.75, 3.05) is 20.2 Å². The van der Waals surface area contributed by atoms with E-state index in [1.165, 1.54) is 6.42 Å². The number of carbonyl (C=O) groups is 2. The van der Waals surface area contributed by atoms with Gasteiger partial charge in [-0.1, -0.05) is 19.3 Å². The first-order valence-corrected chi connectivity index (χ1v) is 11.1. The lowest BCUT2D eigenvalue weighted by atomic mass is 9.80. The number of carboxylic acids is 1. The molecule has 0 bridgehead atoms. The van der Waals surface area contributed by atoms with E-state index in [-0.39, 0.29) is 30.1 Å². The maximum Gasteiger partial charge on any atom is 0.303 e. The summed E-state index contributed by atoms with van der Waals surface area (Å²) < 4.78 is 5.28. The normalized spacial score (nSPS) is 22.9. The fraction of sp³-hybridized carbons (Fsp3) is 0.609. The van der Waals surface area contributed by atoms with E-state index in [4.69, 9.17) is 9.72 Å². The zero-order chi connectivity index (χ0) is 21.1. The number of piperidine rings is 1. The standard InChI is InChI=1S/C23H31N3O4/c1-30-18-7-8-19-20(13-18)25-21(24-19)11-17-14-26(10-9-16(17)12-22(27)28)23(29)15-5-3-2-4-6-15/h7-8,13,15-17H,2-6,9-12,14H2,1H3,(H,24,25)(H,27,28)/t16-,17-/m0/s1. The van der Waals surface area contributed by atoms with Gasteiger partial charge in [-0.2, -0.15) is 0 Å². The lowest BCUT2D eigenvalue weighted by Crippen LogP contribution is -2.47. The lowest BCUT2D eigenvalue weighted by Gasteiger charge is -2.40. The number of rotatable bonds is 6. The van der Waals surface area contributed by atoms with Crippen molar-refractivity contribution in [1.82, 2.24) is 14.9 Å². The Labute approximate surface area is 176 Å². The molecule has 30 heavy (non-hydrogen) atoms. The predicted molar refractivity (Wildman–Crippen MR) is 113 cm³/mol. The second-order valence-electron chi connectivity index (χ2n) is 8.80. The number of aromatic amines is 1. The van der Waals surface area contributed by atoms with E-state index in [0.29, 0.717) is 19.5 Å². The van der Waals surface area contributed by atoms with Crippen LogP contribution >= 0.6 is 0 Å². The van der Waals surface area contributed by atoms with Gasteiger partial charge in [0.15, 0.2) is 0 Å². The number of fused-ring (bicyclic) bond motifs is 1. The summed E-state index contributed by atoms with van der Waals surface area (Å²) in [5, 5.41) is 9.38. The number of nitrogens with zero attached hydrogens (tertiary/aromatic N) is 2. The number of hydrogen-bond acceptors (Lipinski definition) is 4. The van der Waals surface area contributed by atoms with E-state index in [0.717, 1.165) is 54.7 Å². The number of amides is 1. The van der Waals surface area contributed by atoms with Gasteiger partial charge in [-0.3, -0.25) is 9.59 Å². The number of methoxy groups -OCH3 is 1. The smallest absolute Gasteiger partial charge is 0.303 e. The van der Waals surface area contributed by atoms with Crippen molar-refractivity contribution in [2.24, 2.45) is 17.8 Å². The second-order valence-corrected chi connectivity index (χ2v) is 8.80. The highest BCUT2D eigenvalue weighted by molar-refractivity contribution is 5.79.